The molecule has 0 spiro atoms. The van der Waals surface area contributed by atoms with Crippen LogP contribution in [0.15, 0.2) is 28.7 Å². The van der Waals surface area contributed by atoms with Crippen molar-refractivity contribution in [1.82, 2.24) is 15.5 Å². The predicted molar refractivity (Wildman–Crippen MR) is 80.5 cm³/mol. The molecule has 1 fully saturated rings. The molecule has 1 aromatic rings. The van der Waals surface area contributed by atoms with Crippen LogP contribution in [0.4, 0.5) is 0 Å². The van der Waals surface area contributed by atoms with Crippen molar-refractivity contribution < 1.29 is 9.59 Å². The van der Waals surface area contributed by atoms with Crippen molar-refractivity contribution in [1.29, 1.82) is 0 Å². The zero-order valence-electron chi connectivity index (χ0n) is 11.4. The van der Waals surface area contributed by atoms with E-state index >= 15 is 0 Å². The minimum atomic E-state index is -0.445. The summed E-state index contributed by atoms with van der Waals surface area (Å²) in [7, 11) is 0. The summed E-state index contributed by atoms with van der Waals surface area (Å²) in [5, 5.41) is 5.94. The third-order valence-corrected chi connectivity index (χ3v) is 3.78. The number of halogens is 1. The third-order valence-electron chi connectivity index (χ3n) is 3.25. The molecular formula is C14H18BrN3O2. The Bertz CT molecular complexity index is 490. The quantitative estimate of drug-likeness (QED) is 0.863. The van der Waals surface area contributed by atoms with E-state index in [1.807, 2.05) is 19.1 Å². The Morgan fingerprint density at radius 2 is 2.10 bits per heavy atom. The molecule has 2 amide bonds. The number of amides is 2. The first-order valence-corrected chi connectivity index (χ1v) is 7.47. The number of rotatable bonds is 3. The van der Waals surface area contributed by atoms with Gasteiger partial charge in [-0.1, -0.05) is 15.9 Å². The van der Waals surface area contributed by atoms with Gasteiger partial charge in [-0.3, -0.25) is 9.59 Å². The number of nitrogens with one attached hydrogen (secondary N) is 2. The fourth-order valence-electron chi connectivity index (χ4n) is 2.23. The molecule has 1 atom stereocenters. The van der Waals surface area contributed by atoms with Gasteiger partial charge in [-0.15, -0.1) is 0 Å². The lowest BCUT2D eigenvalue weighted by Gasteiger charge is -2.35. The molecule has 0 saturated carbocycles. The maximum Gasteiger partial charge on any atom is 0.254 e. The van der Waals surface area contributed by atoms with Crippen molar-refractivity contribution in [3.05, 3.63) is 34.3 Å². The van der Waals surface area contributed by atoms with Gasteiger partial charge in [0.05, 0.1) is 0 Å². The average molecular weight is 340 g/mol. The summed E-state index contributed by atoms with van der Waals surface area (Å²) in [5.74, 6) is -0.208. The van der Waals surface area contributed by atoms with E-state index in [0.717, 1.165) is 4.47 Å². The standard InChI is InChI=1S/C14H18BrN3O2/c1-2-17-13(19)12-9-16-7-8-18(12)14(20)10-3-5-11(15)6-4-10/h3-6,12,16H,2,7-9H2,1H3,(H,17,19). The van der Waals surface area contributed by atoms with Gasteiger partial charge in [0.2, 0.25) is 5.91 Å². The van der Waals surface area contributed by atoms with Gasteiger partial charge in [0.15, 0.2) is 0 Å². The molecule has 2 N–H and O–H groups in total. The molecule has 1 aliphatic rings. The van der Waals surface area contributed by atoms with Gasteiger partial charge in [-0.25, -0.2) is 0 Å². The molecule has 1 unspecified atom stereocenters. The van der Waals surface area contributed by atoms with Crippen molar-refractivity contribution in [3.8, 4) is 0 Å². The number of carbonyl (C=O) groups excluding carboxylic acids is 2. The summed E-state index contributed by atoms with van der Waals surface area (Å²) in [5.41, 5.74) is 0.601. The minimum Gasteiger partial charge on any atom is -0.355 e. The normalized spacial score (nSPS) is 18.7. The fourth-order valence-corrected chi connectivity index (χ4v) is 2.50. The highest BCUT2D eigenvalue weighted by molar-refractivity contribution is 9.10. The number of nitrogens with zero attached hydrogens (tertiary/aromatic N) is 1. The highest BCUT2D eigenvalue weighted by Crippen LogP contribution is 2.14. The molecule has 0 aliphatic carbocycles. The Kier molecular flexibility index (Phi) is 5.14. The molecule has 1 aliphatic heterocycles. The van der Waals surface area contributed by atoms with E-state index in [1.54, 1.807) is 17.0 Å². The van der Waals surface area contributed by atoms with E-state index in [2.05, 4.69) is 26.6 Å². The Morgan fingerprint density at radius 3 is 2.75 bits per heavy atom. The van der Waals surface area contributed by atoms with Crippen molar-refractivity contribution in [2.75, 3.05) is 26.2 Å². The second-order valence-corrected chi connectivity index (χ2v) is 5.54. The van der Waals surface area contributed by atoms with Crippen LogP contribution in [0.1, 0.15) is 17.3 Å². The molecule has 20 heavy (non-hydrogen) atoms. The zero-order chi connectivity index (χ0) is 14.5. The van der Waals surface area contributed by atoms with Crippen LogP contribution in [0, 0.1) is 0 Å². The molecule has 0 bridgehead atoms. The molecular weight excluding hydrogens is 322 g/mol. The van der Waals surface area contributed by atoms with E-state index < -0.39 is 6.04 Å². The molecule has 108 valence electrons. The van der Waals surface area contributed by atoms with E-state index in [-0.39, 0.29) is 11.8 Å². The van der Waals surface area contributed by atoms with Crippen LogP contribution in [-0.4, -0.2) is 48.9 Å². The lowest BCUT2D eigenvalue weighted by Crippen LogP contribution is -2.59. The number of hydrogen-bond donors (Lipinski definition) is 2. The first-order valence-electron chi connectivity index (χ1n) is 6.68. The van der Waals surface area contributed by atoms with Crippen LogP contribution < -0.4 is 10.6 Å². The number of likely N-dealkylation sites (N-methyl/N-ethyl adjacent to an activating group) is 1. The summed E-state index contributed by atoms with van der Waals surface area (Å²) < 4.78 is 0.926. The first-order chi connectivity index (χ1) is 9.63. The van der Waals surface area contributed by atoms with Crippen molar-refractivity contribution in [2.24, 2.45) is 0 Å². The number of benzene rings is 1. The van der Waals surface area contributed by atoms with Gasteiger partial charge in [-0.2, -0.15) is 0 Å². The molecule has 1 aromatic carbocycles. The van der Waals surface area contributed by atoms with Crippen LogP contribution in [0.5, 0.6) is 0 Å². The molecule has 6 heteroatoms. The van der Waals surface area contributed by atoms with Gasteiger partial charge in [0, 0.05) is 36.2 Å². The fraction of sp³-hybridized carbons (Fsp3) is 0.429. The third kappa shape index (κ3) is 3.37. The Balaban J connectivity index is 2.16. The van der Waals surface area contributed by atoms with Crippen molar-refractivity contribution in [2.45, 2.75) is 13.0 Å². The lowest BCUT2D eigenvalue weighted by molar-refractivity contribution is -0.126. The second kappa shape index (κ2) is 6.85. The largest absolute Gasteiger partial charge is 0.355 e. The van der Waals surface area contributed by atoms with Gasteiger partial charge in [0.1, 0.15) is 6.04 Å². The molecule has 1 saturated heterocycles. The topological polar surface area (TPSA) is 61.4 Å². The summed E-state index contributed by atoms with van der Waals surface area (Å²) in [6.45, 7) is 4.17. The number of piperazine rings is 1. The first kappa shape index (κ1) is 15.0. The van der Waals surface area contributed by atoms with Crippen molar-refractivity contribution in [3.63, 3.8) is 0 Å². The minimum absolute atomic E-state index is 0.102. The smallest absolute Gasteiger partial charge is 0.254 e. The SMILES string of the molecule is CCNC(=O)C1CNCCN1C(=O)c1ccc(Br)cc1. The average Bonchev–Trinajstić information content (AvgIpc) is 2.47. The van der Waals surface area contributed by atoms with E-state index in [9.17, 15) is 9.59 Å². The maximum atomic E-state index is 12.5. The number of hydrogen-bond acceptors (Lipinski definition) is 3. The zero-order valence-corrected chi connectivity index (χ0v) is 12.9. The number of carbonyl (C=O) groups is 2. The van der Waals surface area contributed by atoms with E-state index in [4.69, 9.17) is 0 Å². The van der Waals surface area contributed by atoms with Crippen molar-refractivity contribution >= 4 is 27.7 Å². The Labute approximate surface area is 126 Å². The summed E-state index contributed by atoms with van der Waals surface area (Å²) in [6.07, 6.45) is 0. The highest BCUT2D eigenvalue weighted by atomic mass is 79.9. The Hall–Kier alpha value is -1.40. The highest BCUT2D eigenvalue weighted by Gasteiger charge is 2.32. The lowest BCUT2D eigenvalue weighted by atomic mass is 10.1. The molecule has 1 heterocycles. The van der Waals surface area contributed by atoms with Gasteiger partial charge >= 0.3 is 0 Å². The predicted octanol–water partition coefficient (Wildman–Crippen LogP) is 0.999. The van der Waals surface area contributed by atoms with Crippen LogP contribution in [-0.2, 0) is 4.79 Å². The van der Waals surface area contributed by atoms with Gasteiger partial charge in [0.25, 0.3) is 5.91 Å². The molecule has 2 rings (SSSR count). The van der Waals surface area contributed by atoms with E-state index in [1.165, 1.54) is 0 Å². The van der Waals surface area contributed by atoms with Crippen LogP contribution in [0.3, 0.4) is 0 Å². The monoisotopic (exact) mass is 339 g/mol. The Morgan fingerprint density at radius 1 is 1.40 bits per heavy atom. The molecule has 0 aromatic heterocycles. The van der Waals surface area contributed by atoms with Crippen LogP contribution in [0.25, 0.3) is 0 Å². The molecule has 0 radical (unpaired) electrons. The maximum absolute atomic E-state index is 12.5. The second-order valence-electron chi connectivity index (χ2n) is 4.62. The molecule has 5 nitrogen and oxygen atoms in total. The van der Waals surface area contributed by atoms with Crippen LogP contribution in [0.2, 0.25) is 0 Å². The van der Waals surface area contributed by atoms with Gasteiger partial charge < -0.3 is 15.5 Å². The summed E-state index contributed by atoms with van der Waals surface area (Å²) in [4.78, 5) is 26.2. The summed E-state index contributed by atoms with van der Waals surface area (Å²) in [6, 6.07) is 6.75. The van der Waals surface area contributed by atoms with Crippen LogP contribution >= 0.6 is 15.9 Å². The van der Waals surface area contributed by atoms with E-state index in [0.29, 0.717) is 31.7 Å². The summed E-state index contributed by atoms with van der Waals surface area (Å²) >= 11 is 3.35. The van der Waals surface area contributed by atoms with Gasteiger partial charge in [-0.05, 0) is 31.2 Å².